The molecular weight excluding hydrogens is 242 g/mol. The van der Waals surface area contributed by atoms with Crippen LogP contribution in [-0.4, -0.2) is 11.9 Å². The molecule has 0 aromatic carbocycles. The lowest BCUT2D eigenvalue weighted by atomic mass is 10.1. The van der Waals surface area contributed by atoms with Crippen molar-refractivity contribution in [1.29, 1.82) is 0 Å². The van der Waals surface area contributed by atoms with Crippen LogP contribution in [0.4, 0.5) is 0 Å². The highest BCUT2D eigenvalue weighted by Gasteiger charge is 1.88. The molecule has 0 N–H and O–H groups in total. The lowest BCUT2D eigenvalue weighted by Gasteiger charge is -1.96. The standard InChI is InChI=1S/C5H11Br.C5H11N3/c1-5(2)3-4-6;1-5(2)3-4-7-8-6/h5H,3-4H2,1-2H3;5H,3-4H2,1-2H3. The third-order valence-corrected chi connectivity index (χ3v) is 2.01. The molecule has 0 atom stereocenters. The molecule has 0 saturated carbocycles. The van der Waals surface area contributed by atoms with Crippen LogP contribution in [0.2, 0.25) is 0 Å². The van der Waals surface area contributed by atoms with Crippen LogP contribution in [0.1, 0.15) is 40.5 Å². The summed E-state index contributed by atoms with van der Waals surface area (Å²) in [6, 6.07) is 0. The summed E-state index contributed by atoms with van der Waals surface area (Å²) < 4.78 is 0. The van der Waals surface area contributed by atoms with Crippen molar-refractivity contribution in [2.75, 3.05) is 11.9 Å². The van der Waals surface area contributed by atoms with Crippen molar-refractivity contribution in [1.82, 2.24) is 0 Å². The number of hydrogen-bond acceptors (Lipinski definition) is 1. The molecule has 0 aliphatic heterocycles. The predicted octanol–water partition coefficient (Wildman–Crippen LogP) is 4.77. The smallest absolute Gasteiger partial charge is 0.0260 e. The van der Waals surface area contributed by atoms with Crippen molar-refractivity contribution in [2.45, 2.75) is 40.5 Å². The van der Waals surface area contributed by atoms with Crippen LogP contribution in [0.3, 0.4) is 0 Å². The Balaban J connectivity index is 0. The third kappa shape index (κ3) is 22.6. The Hall–Kier alpha value is -0.210. The maximum atomic E-state index is 7.84. The second-order valence-corrected chi connectivity index (χ2v) is 4.80. The van der Waals surface area contributed by atoms with E-state index in [1.807, 2.05) is 0 Å². The first-order chi connectivity index (χ1) is 6.54. The maximum Gasteiger partial charge on any atom is 0.0260 e. The average molecular weight is 264 g/mol. The lowest BCUT2D eigenvalue weighted by molar-refractivity contribution is 0.595. The Morgan fingerprint density at radius 3 is 1.86 bits per heavy atom. The van der Waals surface area contributed by atoms with Crippen LogP contribution < -0.4 is 0 Å². The second-order valence-electron chi connectivity index (χ2n) is 4.01. The van der Waals surface area contributed by atoms with Gasteiger partial charge in [-0.25, -0.2) is 0 Å². The summed E-state index contributed by atoms with van der Waals surface area (Å²) in [6.45, 7) is 9.29. The van der Waals surface area contributed by atoms with Gasteiger partial charge in [0, 0.05) is 16.8 Å². The highest BCUT2D eigenvalue weighted by molar-refractivity contribution is 9.09. The van der Waals surface area contributed by atoms with Gasteiger partial charge in [-0.1, -0.05) is 48.7 Å². The van der Waals surface area contributed by atoms with Gasteiger partial charge in [-0.05, 0) is 30.2 Å². The Morgan fingerprint density at radius 2 is 1.64 bits per heavy atom. The number of halogens is 1. The molecule has 0 amide bonds. The van der Waals surface area contributed by atoms with E-state index in [-0.39, 0.29) is 0 Å². The zero-order chi connectivity index (χ0) is 11.4. The third-order valence-electron chi connectivity index (χ3n) is 1.56. The first kappa shape index (κ1) is 16.2. The van der Waals surface area contributed by atoms with E-state index in [0.29, 0.717) is 12.5 Å². The van der Waals surface area contributed by atoms with Gasteiger partial charge in [-0.2, -0.15) is 0 Å². The number of alkyl halides is 1. The maximum absolute atomic E-state index is 7.84. The summed E-state index contributed by atoms with van der Waals surface area (Å²) in [6.07, 6.45) is 2.28. The van der Waals surface area contributed by atoms with Crippen molar-refractivity contribution < 1.29 is 0 Å². The van der Waals surface area contributed by atoms with Crippen LogP contribution in [0.15, 0.2) is 5.11 Å². The van der Waals surface area contributed by atoms with E-state index in [9.17, 15) is 0 Å². The Bertz CT molecular complexity index is 151. The monoisotopic (exact) mass is 263 g/mol. The van der Waals surface area contributed by atoms with E-state index < -0.39 is 0 Å². The van der Waals surface area contributed by atoms with E-state index in [0.717, 1.165) is 17.7 Å². The van der Waals surface area contributed by atoms with Crippen LogP contribution in [-0.2, 0) is 0 Å². The fraction of sp³-hybridized carbons (Fsp3) is 1.00. The van der Waals surface area contributed by atoms with Gasteiger partial charge in [0.2, 0.25) is 0 Å². The molecule has 0 aliphatic carbocycles. The topological polar surface area (TPSA) is 48.8 Å². The minimum Gasteiger partial charge on any atom is -0.0940 e. The van der Waals surface area contributed by atoms with Crippen LogP contribution in [0.25, 0.3) is 10.4 Å². The summed E-state index contributed by atoms with van der Waals surface area (Å²) in [5.74, 6) is 1.49. The molecule has 0 fully saturated rings. The van der Waals surface area contributed by atoms with E-state index in [2.05, 4.69) is 53.7 Å². The van der Waals surface area contributed by atoms with Gasteiger partial charge in [-0.15, -0.1) is 0 Å². The summed E-state index contributed by atoms with van der Waals surface area (Å²) in [5.41, 5.74) is 7.84. The largest absolute Gasteiger partial charge is 0.0940 e. The molecule has 0 heterocycles. The number of azide groups is 1. The van der Waals surface area contributed by atoms with Gasteiger partial charge in [0.25, 0.3) is 0 Å². The van der Waals surface area contributed by atoms with Crippen molar-refractivity contribution in [2.24, 2.45) is 17.0 Å². The summed E-state index contributed by atoms with van der Waals surface area (Å²) in [4.78, 5) is 2.63. The molecule has 0 spiro atoms. The molecule has 0 unspecified atom stereocenters. The Labute approximate surface area is 96.0 Å². The van der Waals surface area contributed by atoms with Gasteiger partial charge in [0.15, 0.2) is 0 Å². The highest BCUT2D eigenvalue weighted by atomic mass is 79.9. The van der Waals surface area contributed by atoms with Gasteiger partial charge >= 0.3 is 0 Å². The molecule has 0 aromatic heterocycles. The Kier molecular flexibility index (Phi) is 14.8. The van der Waals surface area contributed by atoms with Crippen LogP contribution in [0, 0.1) is 11.8 Å². The molecule has 0 aromatic rings. The molecule has 0 rings (SSSR count). The highest BCUT2D eigenvalue weighted by Crippen LogP contribution is 2.00. The number of rotatable bonds is 5. The van der Waals surface area contributed by atoms with Crippen molar-refractivity contribution in [3.05, 3.63) is 10.4 Å². The van der Waals surface area contributed by atoms with Gasteiger partial charge < -0.3 is 0 Å². The predicted molar refractivity (Wildman–Crippen MR) is 66.7 cm³/mol. The summed E-state index contributed by atoms with van der Waals surface area (Å²) in [5, 5.41) is 4.54. The Morgan fingerprint density at radius 1 is 1.14 bits per heavy atom. The average Bonchev–Trinajstić information content (AvgIpc) is 2.05. The number of nitrogens with zero attached hydrogens (tertiary/aromatic N) is 3. The fourth-order valence-corrected chi connectivity index (χ4v) is 1.49. The van der Waals surface area contributed by atoms with Crippen molar-refractivity contribution in [3.63, 3.8) is 0 Å². The zero-order valence-electron chi connectivity index (χ0n) is 9.70. The van der Waals surface area contributed by atoms with Gasteiger partial charge in [-0.3, -0.25) is 0 Å². The first-order valence-corrected chi connectivity index (χ1v) is 6.23. The summed E-state index contributed by atoms with van der Waals surface area (Å²) >= 11 is 3.35. The zero-order valence-corrected chi connectivity index (χ0v) is 11.3. The molecule has 14 heavy (non-hydrogen) atoms. The quantitative estimate of drug-likeness (QED) is 0.297. The summed E-state index contributed by atoms with van der Waals surface area (Å²) in [7, 11) is 0. The van der Waals surface area contributed by atoms with E-state index in [1.54, 1.807) is 0 Å². The first-order valence-electron chi connectivity index (χ1n) is 5.11. The lowest BCUT2D eigenvalue weighted by Crippen LogP contribution is -1.88. The van der Waals surface area contributed by atoms with Gasteiger partial charge in [0.1, 0.15) is 0 Å². The molecule has 0 aliphatic rings. The SMILES string of the molecule is CC(C)CCBr.CC(C)CCN=[N+]=[N-]. The van der Waals surface area contributed by atoms with E-state index >= 15 is 0 Å². The fourth-order valence-electron chi connectivity index (χ4n) is 0.579. The molecule has 3 nitrogen and oxygen atoms in total. The van der Waals surface area contributed by atoms with Gasteiger partial charge in [0.05, 0.1) is 0 Å². The number of hydrogen-bond donors (Lipinski definition) is 0. The van der Waals surface area contributed by atoms with Crippen molar-refractivity contribution >= 4 is 15.9 Å². The minimum absolute atomic E-state index is 0.633. The second kappa shape index (κ2) is 12.8. The molecular formula is C10H22BrN3. The molecule has 0 bridgehead atoms. The molecule has 0 saturated heterocycles. The normalized spacial score (nSPS) is 9.36. The van der Waals surface area contributed by atoms with Crippen molar-refractivity contribution in [3.8, 4) is 0 Å². The molecule has 0 radical (unpaired) electrons. The minimum atomic E-state index is 0.633. The van der Waals surface area contributed by atoms with E-state index in [1.165, 1.54) is 6.42 Å². The van der Waals surface area contributed by atoms with Crippen LogP contribution >= 0.6 is 15.9 Å². The van der Waals surface area contributed by atoms with Crippen LogP contribution in [0.5, 0.6) is 0 Å². The molecule has 84 valence electrons. The molecule has 4 heteroatoms. The van der Waals surface area contributed by atoms with E-state index in [4.69, 9.17) is 5.53 Å².